The van der Waals surface area contributed by atoms with Crippen LogP contribution in [0.15, 0.2) is 0 Å². The molecule has 8 nitrogen and oxygen atoms in total. The monoisotopic (exact) mass is 244 g/mol. The molecule has 94 valence electrons. The lowest BCUT2D eigenvalue weighted by Gasteiger charge is -2.39. The molecule has 2 amide bonds. The van der Waals surface area contributed by atoms with Crippen LogP contribution in [0.1, 0.15) is 0 Å². The molecular formula is C9H12N2O6. The summed E-state index contributed by atoms with van der Waals surface area (Å²) in [6, 6.07) is -1.31. The quantitative estimate of drug-likeness (QED) is 0.455. The molecule has 1 saturated carbocycles. The number of rotatable bonds is 0. The molecule has 2 saturated heterocycles. The number of carbonyl (C=O) groups is 2. The van der Waals surface area contributed by atoms with Gasteiger partial charge in [-0.1, -0.05) is 0 Å². The number of alkyl carbamates (subject to hydrolysis) is 1. The lowest BCUT2D eigenvalue weighted by atomic mass is 9.82. The van der Waals surface area contributed by atoms with E-state index in [9.17, 15) is 19.8 Å². The smallest absolute Gasteiger partial charge is 0.410 e. The molecule has 2 aliphatic heterocycles. The normalized spacial score (nSPS) is 48.1. The van der Waals surface area contributed by atoms with Crippen molar-refractivity contribution >= 4 is 12.2 Å². The van der Waals surface area contributed by atoms with Crippen molar-refractivity contribution in [2.45, 2.75) is 36.5 Å². The first-order valence-corrected chi connectivity index (χ1v) is 5.27. The standard InChI is InChI=1S/C9H12N2O6/c1-11-3-4(12)5(13)7-2(10-8(14)16-7)6(3)17-9(11)15/h2-7,12-13H,1H3,(H,10,14)/t2-,3+,4-,5+,6+,7+/m1/s1. The van der Waals surface area contributed by atoms with Crippen molar-refractivity contribution in [3.8, 4) is 0 Å². The van der Waals surface area contributed by atoms with Crippen LogP contribution in [0, 0.1) is 0 Å². The SMILES string of the molecule is CN1C(=O)O[C@H]2[C@H]3NC(=O)O[C@@H]3[C@@H](O)[C@H](O)[C@@H]21. The first kappa shape index (κ1) is 10.6. The minimum Gasteiger partial charge on any atom is -0.441 e. The van der Waals surface area contributed by atoms with Gasteiger partial charge in [0.15, 0.2) is 12.2 Å². The third-order valence-electron chi connectivity index (χ3n) is 3.58. The summed E-state index contributed by atoms with van der Waals surface area (Å²) in [5.41, 5.74) is 0. The average Bonchev–Trinajstić information content (AvgIpc) is 2.79. The topological polar surface area (TPSA) is 108 Å². The van der Waals surface area contributed by atoms with Crippen LogP contribution < -0.4 is 5.32 Å². The number of nitrogens with one attached hydrogen (secondary N) is 1. The Morgan fingerprint density at radius 2 is 1.88 bits per heavy atom. The van der Waals surface area contributed by atoms with E-state index in [0.29, 0.717) is 0 Å². The molecule has 0 aromatic carbocycles. The number of hydrogen-bond donors (Lipinski definition) is 3. The average molecular weight is 244 g/mol. The third-order valence-corrected chi connectivity index (χ3v) is 3.58. The number of aliphatic hydroxyl groups excluding tert-OH is 2. The molecule has 3 rings (SSSR count). The highest BCUT2D eigenvalue weighted by atomic mass is 16.6. The fourth-order valence-electron chi connectivity index (χ4n) is 2.72. The highest BCUT2D eigenvalue weighted by molar-refractivity contribution is 5.73. The summed E-state index contributed by atoms with van der Waals surface area (Å²) in [6.07, 6.45) is -5.31. The van der Waals surface area contributed by atoms with Gasteiger partial charge in [0.25, 0.3) is 0 Å². The van der Waals surface area contributed by atoms with Gasteiger partial charge in [-0.05, 0) is 0 Å². The van der Waals surface area contributed by atoms with Crippen molar-refractivity contribution in [3.63, 3.8) is 0 Å². The van der Waals surface area contributed by atoms with Crippen molar-refractivity contribution in [1.29, 1.82) is 0 Å². The fourth-order valence-corrected chi connectivity index (χ4v) is 2.72. The Balaban J connectivity index is 1.96. The Bertz CT molecular complexity index is 388. The Labute approximate surface area is 96.1 Å². The molecule has 3 N–H and O–H groups in total. The summed E-state index contributed by atoms with van der Waals surface area (Å²) in [6.45, 7) is 0. The van der Waals surface area contributed by atoms with Gasteiger partial charge in [-0.3, -0.25) is 0 Å². The Morgan fingerprint density at radius 3 is 2.59 bits per heavy atom. The summed E-state index contributed by atoms with van der Waals surface area (Å²) in [5.74, 6) is 0. The highest BCUT2D eigenvalue weighted by Gasteiger charge is 2.61. The Morgan fingerprint density at radius 1 is 1.18 bits per heavy atom. The molecule has 3 fully saturated rings. The minimum absolute atomic E-state index is 0.590. The van der Waals surface area contributed by atoms with Crippen molar-refractivity contribution in [2.24, 2.45) is 0 Å². The summed E-state index contributed by atoms with van der Waals surface area (Å²) in [5, 5.41) is 22.3. The van der Waals surface area contributed by atoms with E-state index in [1.54, 1.807) is 0 Å². The number of carbonyl (C=O) groups excluding carboxylic acids is 2. The zero-order chi connectivity index (χ0) is 12.3. The van der Waals surface area contributed by atoms with E-state index in [1.807, 2.05) is 0 Å². The fraction of sp³-hybridized carbons (Fsp3) is 0.778. The Hall–Kier alpha value is -1.54. The first-order chi connectivity index (χ1) is 8.00. The second kappa shape index (κ2) is 3.23. The van der Waals surface area contributed by atoms with Crippen LogP contribution in [0.3, 0.4) is 0 Å². The van der Waals surface area contributed by atoms with Gasteiger partial charge in [0, 0.05) is 7.05 Å². The highest BCUT2D eigenvalue weighted by Crippen LogP contribution is 2.35. The van der Waals surface area contributed by atoms with Gasteiger partial charge in [-0.2, -0.15) is 0 Å². The summed E-state index contributed by atoms with van der Waals surface area (Å²) < 4.78 is 9.94. The van der Waals surface area contributed by atoms with Gasteiger partial charge in [0.1, 0.15) is 24.3 Å². The zero-order valence-electron chi connectivity index (χ0n) is 8.94. The predicted octanol–water partition coefficient (Wildman–Crippen LogP) is -1.98. The molecule has 0 radical (unpaired) electrons. The predicted molar refractivity (Wildman–Crippen MR) is 51.0 cm³/mol. The van der Waals surface area contributed by atoms with Gasteiger partial charge in [0.05, 0.1) is 0 Å². The number of fused-ring (bicyclic) bond motifs is 3. The number of likely N-dealkylation sites (N-methyl/N-ethyl adjacent to an activating group) is 1. The molecule has 0 aromatic rings. The van der Waals surface area contributed by atoms with Crippen molar-refractivity contribution in [3.05, 3.63) is 0 Å². The van der Waals surface area contributed by atoms with E-state index in [4.69, 9.17) is 9.47 Å². The van der Waals surface area contributed by atoms with Crippen LogP contribution in [0.4, 0.5) is 9.59 Å². The van der Waals surface area contributed by atoms with Crippen LogP contribution in [0.5, 0.6) is 0 Å². The van der Waals surface area contributed by atoms with Crippen LogP contribution in [0.25, 0.3) is 0 Å². The van der Waals surface area contributed by atoms with Gasteiger partial charge in [-0.25, -0.2) is 9.59 Å². The van der Waals surface area contributed by atoms with Gasteiger partial charge >= 0.3 is 12.2 Å². The van der Waals surface area contributed by atoms with E-state index in [-0.39, 0.29) is 0 Å². The molecule has 3 aliphatic rings. The number of amides is 2. The van der Waals surface area contributed by atoms with Crippen LogP contribution in [-0.2, 0) is 9.47 Å². The maximum atomic E-state index is 11.4. The lowest BCUT2D eigenvalue weighted by molar-refractivity contribution is -0.123. The van der Waals surface area contributed by atoms with Gasteiger partial charge < -0.3 is 29.9 Å². The van der Waals surface area contributed by atoms with Gasteiger partial charge in [0.2, 0.25) is 0 Å². The Kier molecular flexibility index (Phi) is 2.02. The number of nitrogens with zero attached hydrogens (tertiary/aromatic N) is 1. The van der Waals surface area contributed by atoms with E-state index < -0.39 is 48.7 Å². The van der Waals surface area contributed by atoms with E-state index >= 15 is 0 Å². The number of hydrogen-bond acceptors (Lipinski definition) is 6. The second-order valence-corrected chi connectivity index (χ2v) is 4.47. The van der Waals surface area contributed by atoms with Crippen LogP contribution >= 0.6 is 0 Å². The molecular weight excluding hydrogens is 232 g/mol. The molecule has 2 heterocycles. The third kappa shape index (κ3) is 1.25. The van der Waals surface area contributed by atoms with E-state index in [1.165, 1.54) is 11.9 Å². The lowest BCUT2D eigenvalue weighted by Crippen LogP contribution is -2.65. The summed E-state index contributed by atoms with van der Waals surface area (Å²) in [7, 11) is 1.47. The summed E-state index contributed by atoms with van der Waals surface area (Å²) >= 11 is 0. The van der Waals surface area contributed by atoms with Crippen molar-refractivity contribution in [2.75, 3.05) is 7.05 Å². The molecule has 8 heteroatoms. The molecule has 0 unspecified atom stereocenters. The number of ether oxygens (including phenoxy) is 2. The van der Waals surface area contributed by atoms with Crippen LogP contribution in [0.2, 0.25) is 0 Å². The molecule has 0 spiro atoms. The molecule has 0 aromatic heterocycles. The van der Waals surface area contributed by atoms with E-state index in [2.05, 4.69) is 5.32 Å². The zero-order valence-corrected chi connectivity index (χ0v) is 8.94. The second-order valence-electron chi connectivity index (χ2n) is 4.47. The molecule has 1 aliphatic carbocycles. The summed E-state index contributed by atoms with van der Waals surface area (Å²) in [4.78, 5) is 23.8. The maximum Gasteiger partial charge on any atom is 0.410 e. The molecule has 6 atom stereocenters. The van der Waals surface area contributed by atoms with Crippen molar-refractivity contribution in [1.82, 2.24) is 10.2 Å². The minimum atomic E-state index is -1.24. The van der Waals surface area contributed by atoms with Crippen LogP contribution in [-0.4, -0.2) is 70.8 Å². The molecule has 17 heavy (non-hydrogen) atoms. The van der Waals surface area contributed by atoms with E-state index in [0.717, 1.165) is 0 Å². The largest absolute Gasteiger partial charge is 0.441 e. The number of aliphatic hydroxyl groups is 2. The van der Waals surface area contributed by atoms with Gasteiger partial charge in [-0.15, -0.1) is 0 Å². The first-order valence-electron chi connectivity index (χ1n) is 5.27. The molecule has 0 bridgehead atoms. The maximum absolute atomic E-state index is 11.4. The van der Waals surface area contributed by atoms with Crippen molar-refractivity contribution < 1.29 is 29.3 Å².